The maximum atomic E-state index is 13.5. The van der Waals surface area contributed by atoms with E-state index in [0.717, 1.165) is 5.56 Å². The summed E-state index contributed by atoms with van der Waals surface area (Å²) in [4.78, 5) is 50.9. The van der Waals surface area contributed by atoms with E-state index in [0.29, 0.717) is 0 Å². The van der Waals surface area contributed by atoms with Gasteiger partial charge in [0.25, 0.3) is 6.10 Å². The van der Waals surface area contributed by atoms with Crippen molar-refractivity contribution >= 4 is 23.7 Å². The van der Waals surface area contributed by atoms with Crippen LogP contribution in [0.15, 0.2) is 84.9 Å². The molecule has 3 aromatic carbocycles. The number of hydrogen-bond donors (Lipinski definition) is 2. The van der Waals surface area contributed by atoms with E-state index in [1.807, 2.05) is 0 Å². The molecule has 0 spiro atoms. The lowest BCUT2D eigenvalue weighted by Crippen LogP contribution is -2.64. The number of benzene rings is 3. The lowest BCUT2D eigenvalue weighted by Gasteiger charge is -2.33. The van der Waals surface area contributed by atoms with E-state index in [1.54, 1.807) is 31.2 Å². The van der Waals surface area contributed by atoms with Crippen LogP contribution in [0.3, 0.4) is 0 Å². The first-order valence-electron chi connectivity index (χ1n) is 9.83. The van der Waals surface area contributed by atoms with Gasteiger partial charge in [-0.2, -0.15) is 0 Å². The van der Waals surface area contributed by atoms with E-state index >= 15 is 0 Å². The second-order valence-electron chi connectivity index (χ2n) is 7.14. The molecule has 0 saturated carbocycles. The molecule has 0 aliphatic carbocycles. The van der Waals surface area contributed by atoms with Crippen LogP contribution in [0.2, 0.25) is 0 Å². The van der Waals surface area contributed by atoms with Crippen LogP contribution < -0.4 is 4.74 Å². The first-order valence-corrected chi connectivity index (χ1v) is 9.83. The summed E-state index contributed by atoms with van der Waals surface area (Å²) < 4.78 is 10.7. The van der Waals surface area contributed by atoms with E-state index in [9.17, 15) is 29.4 Å². The number of aliphatic carboxylic acids is 2. The van der Waals surface area contributed by atoms with Gasteiger partial charge >= 0.3 is 23.5 Å². The number of rotatable bonds is 9. The van der Waals surface area contributed by atoms with Crippen LogP contribution in [0.25, 0.3) is 0 Å². The van der Waals surface area contributed by atoms with Gasteiger partial charge in [-0.05, 0) is 31.2 Å². The molecule has 0 radical (unpaired) electrons. The van der Waals surface area contributed by atoms with E-state index in [1.165, 1.54) is 60.7 Å². The highest BCUT2D eigenvalue weighted by Crippen LogP contribution is 2.30. The SMILES string of the molecule is Cc1ccc(OC(C(=O)O)(C(=O)c2ccccc2)C(OC(=O)c2ccccc2)C(=O)O)cc1. The van der Waals surface area contributed by atoms with Crippen LogP contribution in [0, 0.1) is 6.92 Å². The van der Waals surface area contributed by atoms with Crippen molar-refractivity contribution in [2.75, 3.05) is 0 Å². The van der Waals surface area contributed by atoms with Crippen molar-refractivity contribution in [2.45, 2.75) is 18.6 Å². The number of Topliss-reactive ketones (excluding diaryl/α,β-unsaturated/α-hetero) is 1. The van der Waals surface area contributed by atoms with Crippen LogP contribution in [0.1, 0.15) is 26.3 Å². The summed E-state index contributed by atoms with van der Waals surface area (Å²) in [6, 6.07) is 20.6. The van der Waals surface area contributed by atoms with E-state index in [4.69, 9.17) is 9.47 Å². The number of esters is 1. The first kappa shape index (κ1) is 23.2. The third kappa shape index (κ3) is 4.90. The van der Waals surface area contributed by atoms with Gasteiger partial charge in [-0.3, -0.25) is 4.79 Å². The maximum absolute atomic E-state index is 13.5. The van der Waals surface area contributed by atoms with Crippen molar-refractivity contribution < 1.29 is 38.9 Å². The molecule has 0 bridgehead atoms. The molecule has 0 saturated heterocycles. The second kappa shape index (κ2) is 9.78. The molecule has 0 aliphatic rings. The summed E-state index contributed by atoms with van der Waals surface area (Å²) in [6.07, 6.45) is -2.50. The molecule has 2 unspecified atom stereocenters. The Bertz CT molecular complexity index is 1160. The van der Waals surface area contributed by atoms with Gasteiger partial charge in [-0.25, -0.2) is 14.4 Å². The molecule has 2 atom stereocenters. The predicted molar refractivity (Wildman–Crippen MR) is 116 cm³/mol. The fraction of sp³-hybridized carbons (Fsp3) is 0.120. The number of hydrogen-bond acceptors (Lipinski definition) is 6. The normalized spacial score (nSPS) is 13.2. The zero-order valence-electron chi connectivity index (χ0n) is 17.5. The monoisotopic (exact) mass is 448 g/mol. The topological polar surface area (TPSA) is 127 Å². The fourth-order valence-electron chi connectivity index (χ4n) is 3.12. The Labute approximate surface area is 189 Å². The van der Waals surface area contributed by atoms with Gasteiger partial charge in [0.05, 0.1) is 5.56 Å². The number of carboxylic acid groups (broad SMARTS) is 2. The Hall–Kier alpha value is -4.46. The molecule has 8 heteroatoms. The standard InChI is InChI=1S/C25H20O8/c1-16-12-14-19(15-13-16)33-25(24(30)31,20(26)17-8-4-2-5-9-17)21(22(27)28)32-23(29)18-10-6-3-7-11-18/h2-15,21H,1H3,(H,27,28)(H,30,31). The van der Waals surface area contributed by atoms with E-state index in [-0.39, 0.29) is 16.9 Å². The van der Waals surface area contributed by atoms with Crippen molar-refractivity contribution in [2.24, 2.45) is 0 Å². The van der Waals surface area contributed by atoms with E-state index < -0.39 is 35.4 Å². The Morgan fingerprint density at radius 3 is 1.76 bits per heavy atom. The average molecular weight is 448 g/mol. The summed E-state index contributed by atoms with van der Waals surface area (Å²) in [5, 5.41) is 20.1. The number of carbonyl (C=O) groups is 4. The van der Waals surface area contributed by atoms with Gasteiger partial charge in [0.2, 0.25) is 5.78 Å². The number of carboxylic acids is 2. The minimum Gasteiger partial charge on any atom is -0.478 e. The van der Waals surface area contributed by atoms with Crippen LogP contribution in [-0.4, -0.2) is 45.6 Å². The fourth-order valence-corrected chi connectivity index (χ4v) is 3.12. The Morgan fingerprint density at radius 2 is 1.27 bits per heavy atom. The van der Waals surface area contributed by atoms with Crippen LogP contribution in [-0.2, 0) is 14.3 Å². The molecule has 0 amide bonds. The number of aryl methyl sites for hydroxylation is 1. The molecule has 168 valence electrons. The highest BCUT2D eigenvalue weighted by atomic mass is 16.6. The zero-order valence-corrected chi connectivity index (χ0v) is 17.5. The van der Waals surface area contributed by atoms with Gasteiger partial charge in [-0.1, -0.05) is 66.2 Å². The number of carbonyl (C=O) groups excluding carboxylic acids is 2. The van der Waals surface area contributed by atoms with Gasteiger partial charge in [-0.15, -0.1) is 0 Å². The second-order valence-corrected chi connectivity index (χ2v) is 7.14. The molecule has 8 nitrogen and oxygen atoms in total. The number of ketones is 1. The van der Waals surface area contributed by atoms with Crippen LogP contribution >= 0.6 is 0 Å². The van der Waals surface area contributed by atoms with Crippen molar-refractivity contribution in [3.8, 4) is 5.75 Å². The summed E-state index contributed by atoms with van der Waals surface area (Å²) in [7, 11) is 0. The van der Waals surface area contributed by atoms with Crippen LogP contribution in [0.5, 0.6) is 5.75 Å². The quantitative estimate of drug-likeness (QED) is 0.290. The van der Waals surface area contributed by atoms with E-state index in [2.05, 4.69) is 0 Å². The highest BCUT2D eigenvalue weighted by molar-refractivity contribution is 6.18. The molecule has 0 fully saturated rings. The highest BCUT2D eigenvalue weighted by Gasteiger charge is 2.61. The molecule has 3 aromatic rings. The van der Waals surface area contributed by atoms with Gasteiger partial charge in [0.15, 0.2) is 0 Å². The lowest BCUT2D eigenvalue weighted by molar-refractivity contribution is -0.172. The molecule has 0 aliphatic heterocycles. The van der Waals surface area contributed by atoms with Gasteiger partial charge in [0.1, 0.15) is 5.75 Å². The van der Waals surface area contributed by atoms with Crippen molar-refractivity contribution in [3.63, 3.8) is 0 Å². The first-order chi connectivity index (χ1) is 15.8. The van der Waals surface area contributed by atoms with Gasteiger partial charge in [0, 0.05) is 5.56 Å². The van der Waals surface area contributed by atoms with Crippen molar-refractivity contribution in [3.05, 3.63) is 102 Å². The summed E-state index contributed by atoms with van der Waals surface area (Å²) in [5.74, 6) is -6.19. The summed E-state index contributed by atoms with van der Waals surface area (Å²) in [6.45, 7) is 1.78. The Morgan fingerprint density at radius 1 is 0.758 bits per heavy atom. The molecule has 3 rings (SSSR count). The largest absolute Gasteiger partial charge is 0.478 e. The number of ether oxygens (including phenoxy) is 2. The van der Waals surface area contributed by atoms with Crippen LogP contribution in [0.4, 0.5) is 0 Å². The summed E-state index contributed by atoms with van der Waals surface area (Å²) in [5.41, 5.74) is -2.44. The summed E-state index contributed by atoms with van der Waals surface area (Å²) >= 11 is 0. The molecular weight excluding hydrogens is 428 g/mol. The minimum atomic E-state index is -3.10. The third-order valence-electron chi connectivity index (χ3n) is 4.82. The average Bonchev–Trinajstić information content (AvgIpc) is 2.82. The smallest absolute Gasteiger partial charge is 0.361 e. The third-order valence-corrected chi connectivity index (χ3v) is 4.82. The minimum absolute atomic E-state index is 0.0227. The molecule has 33 heavy (non-hydrogen) atoms. The molecule has 0 aromatic heterocycles. The molecule has 0 heterocycles. The van der Waals surface area contributed by atoms with Crippen molar-refractivity contribution in [1.29, 1.82) is 0 Å². The predicted octanol–water partition coefficient (Wildman–Crippen LogP) is 3.39. The Balaban J connectivity index is 2.15. The lowest BCUT2D eigenvalue weighted by atomic mass is 9.86. The maximum Gasteiger partial charge on any atom is 0.361 e. The van der Waals surface area contributed by atoms with Crippen molar-refractivity contribution in [1.82, 2.24) is 0 Å². The Kier molecular flexibility index (Phi) is 6.88. The molecular formula is C25H20O8. The zero-order chi connectivity index (χ0) is 24.0. The molecule has 2 N–H and O–H groups in total. The van der Waals surface area contributed by atoms with Gasteiger partial charge < -0.3 is 19.7 Å².